The molecule has 1 aromatic rings. The summed E-state index contributed by atoms with van der Waals surface area (Å²) < 4.78 is 0. The maximum atomic E-state index is 6.18. The fraction of sp³-hybridized carbons (Fsp3) is 0.643. The quantitative estimate of drug-likeness (QED) is 0.892. The highest BCUT2D eigenvalue weighted by Crippen LogP contribution is 2.45. The van der Waals surface area contributed by atoms with Gasteiger partial charge >= 0.3 is 0 Å². The number of pyridine rings is 1. The van der Waals surface area contributed by atoms with Crippen LogP contribution in [-0.4, -0.2) is 17.6 Å². The summed E-state index contributed by atoms with van der Waals surface area (Å²) in [7, 11) is 0. The van der Waals surface area contributed by atoms with Crippen LogP contribution in [0.15, 0.2) is 12.4 Å². The second-order valence-corrected chi connectivity index (χ2v) is 6.59. The van der Waals surface area contributed by atoms with Crippen molar-refractivity contribution in [1.82, 2.24) is 10.3 Å². The molecule has 1 saturated carbocycles. The van der Waals surface area contributed by atoms with Crippen molar-refractivity contribution in [3.8, 4) is 0 Å². The smallest absolute Gasteiger partial charge is 0.0636 e. The lowest BCUT2D eigenvalue weighted by molar-refractivity contribution is 0.327. The van der Waals surface area contributed by atoms with Gasteiger partial charge in [0.15, 0.2) is 0 Å². The van der Waals surface area contributed by atoms with Crippen LogP contribution in [0.5, 0.6) is 0 Å². The third-order valence-corrected chi connectivity index (χ3v) is 5.16. The summed E-state index contributed by atoms with van der Waals surface area (Å²) in [6.07, 6.45) is 11.1. The lowest BCUT2D eigenvalue weighted by atomic mass is 9.83. The van der Waals surface area contributed by atoms with Gasteiger partial charge in [0.1, 0.15) is 0 Å². The third-order valence-electron chi connectivity index (χ3n) is 4.51. The molecule has 0 bridgehead atoms. The molecule has 2 nitrogen and oxygen atoms in total. The predicted octanol–water partition coefficient (Wildman–Crippen LogP) is 3.85. The van der Waals surface area contributed by atoms with E-state index in [0.717, 1.165) is 18.5 Å². The first-order chi connectivity index (χ1) is 8.69. The van der Waals surface area contributed by atoms with Gasteiger partial charge in [-0.2, -0.15) is 0 Å². The minimum atomic E-state index is 0.514. The fourth-order valence-corrected chi connectivity index (χ4v) is 4.08. The van der Waals surface area contributed by atoms with Crippen molar-refractivity contribution in [1.29, 1.82) is 0 Å². The Kier molecular flexibility index (Phi) is 3.52. The highest BCUT2D eigenvalue weighted by molar-refractivity contribution is 6.35. The number of nitrogens with zero attached hydrogens (tertiary/aromatic N) is 1. The highest BCUT2D eigenvalue weighted by Gasteiger charge is 2.40. The summed E-state index contributed by atoms with van der Waals surface area (Å²) in [4.78, 5) is 4.01. The van der Waals surface area contributed by atoms with Crippen molar-refractivity contribution in [2.75, 3.05) is 6.54 Å². The molecule has 1 aromatic heterocycles. The summed E-state index contributed by atoms with van der Waals surface area (Å²) in [5.41, 5.74) is 1.61. The third kappa shape index (κ3) is 2.38. The molecule has 2 heterocycles. The van der Waals surface area contributed by atoms with Gasteiger partial charge in [-0.15, -0.1) is 0 Å². The van der Waals surface area contributed by atoms with Crippen LogP contribution in [0, 0.1) is 5.41 Å². The van der Waals surface area contributed by atoms with Crippen molar-refractivity contribution in [2.45, 2.75) is 44.6 Å². The first-order valence-electron chi connectivity index (χ1n) is 6.70. The molecule has 1 saturated heterocycles. The molecule has 0 unspecified atom stereocenters. The number of hydrogen-bond acceptors (Lipinski definition) is 2. The predicted molar refractivity (Wildman–Crippen MR) is 75.3 cm³/mol. The van der Waals surface area contributed by atoms with Crippen molar-refractivity contribution < 1.29 is 0 Å². The van der Waals surface area contributed by atoms with E-state index in [9.17, 15) is 0 Å². The van der Waals surface area contributed by atoms with Crippen molar-refractivity contribution >= 4 is 23.2 Å². The number of aromatic nitrogens is 1. The van der Waals surface area contributed by atoms with Crippen LogP contribution in [0.4, 0.5) is 0 Å². The molecule has 1 aliphatic heterocycles. The molecule has 1 spiro atoms. The average molecular weight is 285 g/mol. The van der Waals surface area contributed by atoms with E-state index in [4.69, 9.17) is 23.2 Å². The second kappa shape index (κ2) is 4.99. The van der Waals surface area contributed by atoms with Crippen molar-refractivity contribution in [3.05, 3.63) is 28.0 Å². The summed E-state index contributed by atoms with van der Waals surface area (Å²) >= 11 is 12.4. The van der Waals surface area contributed by atoms with E-state index >= 15 is 0 Å². The van der Waals surface area contributed by atoms with Crippen LogP contribution in [0.3, 0.4) is 0 Å². The van der Waals surface area contributed by atoms with E-state index < -0.39 is 0 Å². The molecule has 1 aliphatic carbocycles. The van der Waals surface area contributed by atoms with Gasteiger partial charge in [0.25, 0.3) is 0 Å². The van der Waals surface area contributed by atoms with Crippen molar-refractivity contribution in [3.63, 3.8) is 0 Å². The Morgan fingerprint density at radius 1 is 1.22 bits per heavy atom. The molecule has 4 heteroatoms. The zero-order valence-electron chi connectivity index (χ0n) is 10.4. The van der Waals surface area contributed by atoms with Crippen LogP contribution in [-0.2, 0) is 6.42 Å². The molecule has 18 heavy (non-hydrogen) atoms. The van der Waals surface area contributed by atoms with Gasteiger partial charge in [0, 0.05) is 25.0 Å². The Morgan fingerprint density at radius 3 is 2.56 bits per heavy atom. The first-order valence-corrected chi connectivity index (χ1v) is 7.45. The Morgan fingerprint density at radius 2 is 1.89 bits per heavy atom. The summed E-state index contributed by atoms with van der Waals surface area (Å²) in [5, 5.41) is 5.04. The maximum Gasteiger partial charge on any atom is 0.0636 e. The number of hydrogen-bond donors (Lipinski definition) is 1. The average Bonchev–Trinajstić information content (AvgIpc) is 2.96. The van der Waals surface area contributed by atoms with Gasteiger partial charge in [-0.05, 0) is 36.7 Å². The molecule has 0 aromatic carbocycles. The Hall–Kier alpha value is -0.310. The minimum absolute atomic E-state index is 0.514. The molecule has 2 fully saturated rings. The molecule has 1 N–H and O–H groups in total. The van der Waals surface area contributed by atoms with Gasteiger partial charge in [-0.1, -0.05) is 36.0 Å². The maximum absolute atomic E-state index is 6.18. The summed E-state index contributed by atoms with van der Waals surface area (Å²) in [5.74, 6) is 0. The van der Waals surface area contributed by atoms with Gasteiger partial charge in [0.2, 0.25) is 0 Å². The topological polar surface area (TPSA) is 24.9 Å². The molecular weight excluding hydrogens is 267 g/mol. The number of halogens is 2. The molecular formula is C14H18Cl2N2. The highest BCUT2D eigenvalue weighted by atomic mass is 35.5. The Labute approximate surface area is 118 Å². The van der Waals surface area contributed by atoms with Crippen molar-refractivity contribution in [2.24, 2.45) is 5.41 Å². The summed E-state index contributed by atoms with van der Waals surface area (Å²) in [6.45, 7) is 1.16. The van der Waals surface area contributed by atoms with E-state index in [-0.39, 0.29) is 0 Å². The Bertz CT molecular complexity index is 421. The van der Waals surface area contributed by atoms with Crippen LogP contribution >= 0.6 is 23.2 Å². The lowest BCUT2D eigenvalue weighted by Gasteiger charge is -2.21. The largest absolute Gasteiger partial charge is 0.313 e. The second-order valence-electron chi connectivity index (χ2n) is 5.77. The van der Waals surface area contributed by atoms with Gasteiger partial charge in [-0.3, -0.25) is 4.98 Å². The Balaban J connectivity index is 1.71. The number of nitrogens with one attached hydrogen (secondary N) is 1. The van der Waals surface area contributed by atoms with E-state index in [1.165, 1.54) is 32.1 Å². The minimum Gasteiger partial charge on any atom is -0.313 e. The molecule has 0 radical (unpaired) electrons. The zero-order chi connectivity index (χ0) is 12.6. The van der Waals surface area contributed by atoms with Crippen LogP contribution in [0.2, 0.25) is 10.0 Å². The van der Waals surface area contributed by atoms with Crippen LogP contribution in [0.1, 0.15) is 37.7 Å². The van der Waals surface area contributed by atoms with E-state index in [0.29, 0.717) is 21.5 Å². The molecule has 1 atom stereocenters. The van der Waals surface area contributed by atoms with Gasteiger partial charge in [0.05, 0.1) is 10.0 Å². The van der Waals surface area contributed by atoms with Crippen LogP contribution in [0.25, 0.3) is 0 Å². The lowest BCUT2D eigenvalue weighted by Crippen LogP contribution is -2.24. The molecule has 0 amide bonds. The molecule has 98 valence electrons. The number of rotatable bonds is 2. The molecule has 3 rings (SSSR count). The van der Waals surface area contributed by atoms with Gasteiger partial charge in [-0.25, -0.2) is 0 Å². The standard InChI is InChI=1S/C14H18Cl2N2/c15-12-7-17-8-13(16)11(12)5-10-6-14(9-18-10)3-1-2-4-14/h7-8,10,18H,1-6,9H2/t10-/m0/s1. The van der Waals surface area contributed by atoms with E-state index in [1.807, 2.05) is 0 Å². The summed E-state index contributed by atoms with van der Waals surface area (Å²) in [6, 6.07) is 0.514. The normalized spacial score (nSPS) is 26.0. The zero-order valence-corrected chi connectivity index (χ0v) is 11.9. The first kappa shape index (κ1) is 12.7. The molecule has 2 aliphatic rings. The fourth-order valence-electron chi connectivity index (χ4n) is 3.56. The van der Waals surface area contributed by atoms with Gasteiger partial charge < -0.3 is 5.32 Å². The van der Waals surface area contributed by atoms with E-state index in [1.54, 1.807) is 12.4 Å². The monoisotopic (exact) mass is 284 g/mol. The van der Waals surface area contributed by atoms with E-state index in [2.05, 4.69) is 10.3 Å². The SMILES string of the molecule is Clc1cncc(Cl)c1C[C@H]1CC2(CCCC2)CN1. The van der Waals surface area contributed by atoms with Crippen LogP contribution < -0.4 is 5.32 Å².